The Balaban J connectivity index is 2.48. The van der Waals surface area contributed by atoms with E-state index in [4.69, 9.17) is 9.84 Å². The number of carboxylic acids is 1. The molecule has 0 aliphatic carbocycles. The Morgan fingerprint density at radius 1 is 1.37 bits per heavy atom. The number of ether oxygens (including phenoxy) is 2. The van der Waals surface area contributed by atoms with Crippen molar-refractivity contribution in [2.45, 2.75) is 19.4 Å². The van der Waals surface area contributed by atoms with Crippen molar-refractivity contribution in [3.05, 3.63) is 0 Å². The van der Waals surface area contributed by atoms with Crippen LogP contribution in [-0.2, 0) is 29.1 Å². The van der Waals surface area contributed by atoms with Crippen molar-refractivity contribution in [3.63, 3.8) is 0 Å². The zero-order valence-corrected chi connectivity index (χ0v) is 11.6. The Bertz CT molecular complexity index is 452. The number of carbonyl (C=O) groups is 2. The first-order valence-corrected chi connectivity index (χ1v) is 7.28. The van der Waals surface area contributed by atoms with Crippen molar-refractivity contribution >= 4 is 22.0 Å². The van der Waals surface area contributed by atoms with Crippen molar-refractivity contribution < 1.29 is 32.6 Å². The van der Waals surface area contributed by atoms with Crippen LogP contribution in [0, 0.1) is 0 Å². The standard InChI is InChI=1S/C10H17NO7S/c1-3-17-9(14)5-19(15,16)11-6-10(2,7-11)18-4-8(12)13/h3-7H2,1-2H3,(H,12,13). The fraction of sp³-hybridized carbons (Fsp3) is 0.800. The fourth-order valence-corrected chi connectivity index (χ4v) is 3.17. The molecule has 0 aromatic heterocycles. The van der Waals surface area contributed by atoms with E-state index in [0.717, 1.165) is 4.31 Å². The molecule has 1 aliphatic heterocycles. The average molecular weight is 295 g/mol. The predicted octanol–water partition coefficient (Wildman–Crippen LogP) is -0.945. The first-order chi connectivity index (χ1) is 8.68. The van der Waals surface area contributed by atoms with E-state index < -0.39 is 39.9 Å². The summed E-state index contributed by atoms with van der Waals surface area (Å²) in [6.07, 6.45) is 0. The normalized spacial score (nSPS) is 18.6. The van der Waals surface area contributed by atoms with Gasteiger partial charge >= 0.3 is 11.9 Å². The lowest BCUT2D eigenvalue weighted by molar-refractivity contribution is -0.157. The molecule has 0 bridgehead atoms. The molecule has 0 amide bonds. The number of sulfonamides is 1. The second-order valence-electron chi connectivity index (χ2n) is 4.46. The van der Waals surface area contributed by atoms with Crippen LogP contribution in [-0.4, -0.2) is 67.4 Å². The third-order valence-electron chi connectivity index (χ3n) is 2.56. The molecule has 1 heterocycles. The van der Waals surface area contributed by atoms with Gasteiger partial charge in [-0.1, -0.05) is 0 Å². The second-order valence-corrected chi connectivity index (χ2v) is 6.43. The quantitative estimate of drug-likeness (QED) is 0.603. The van der Waals surface area contributed by atoms with Gasteiger partial charge in [-0.25, -0.2) is 13.2 Å². The first kappa shape index (κ1) is 15.9. The van der Waals surface area contributed by atoms with Gasteiger partial charge in [0.05, 0.1) is 12.2 Å². The number of rotatable bonds is 7. The van der Waals surface area contributed by atoms with Crippen molar-refractivity contribution in [1.82, 2.24) is 4.31 Å². The average Bonchev–Trinajstić information content (AvgIpc) is 2.22. The van der Waals surface area contributed by atoms with Crippen LogP contribution in [0.3, 0.4) is 0 Å². The van der Waals surface area contributed by atoms with Crippen molar-refractivity contribution in [3.8, 4) is 0 Å². The molecule has 9 heteroatoms. The van der Waals surface area contributed by atoms with E-state index in [1.54, 1.807) is 13.8 Å². The second kappa shape index (κ2) is 5.85. The molecule has 19 heavy (non-hydrogen) atoms. The molecule has 0 aromatic carbocycles. The highest BCUT2D eigenvalue weighted by Crippen LogP contribution is 2.27. The number of carboxylic acid groups (broad SMARTS) is 1. The minimum absolute atomic E-state index is 0.0298. The van der Waals surface area contributed by atoms with Crippen LogP contribution >= 0.6 is 0 Å². The van der Waals surface area contributed by atoms with Crippen molar-refractivity contribution in [2.24, 2.45) is 0 Å². The summed E-state index contributed by atoms with van der Waals surface area (Å²) in [6, 6.07) is 0. The van der Waals surface area contributed by atoms with E-state index >= 15 is 0 Å². The van der Waals surface area contributed by atoms with Gasteiger partial charge in [0, 0.05) is 13.1 Å². The number of hydrogen-bond donors (Lipinski definition) is 1. The molecule has 0 aromatic rings. The molecule has 1 fully saturated rings. The Labute approximate surface area is 111 Å². The van der Waals surface area contributed by atoms with Gasteiger partial charge < -0.3 is 14.6 Å². The summed E-state index contributed by atoms with van der Waals surface area (Å²) in [5.74, 6) is -2.63. The van der Waals surface area contributed by atoms with Gasteiger partial charge in [0.2, 0.25) is 10.0 Å². The summed E-state index contributed by atoms with van der Waals surface area (Å²) in [5.41, 5.74) is -0.819. The highest BCUT2D eigenvalue weighted by molar-refractivity contribution is 7.89. The summed E-state index contributed by atoms with van der Waals surface area (Å²) in [7, 11) is -3.72. The summed E-state index contributed by atoms with van der Waals surface area (Å²) in [5, 5.41) is 8.48. The summed E-state index contributed by atoms with van der Waals surface area (Å²) in [4.78, 5) is 21.5. The maximum absolute atomic E-state index is 11.8. The van der Waals surface area contributed by atoms with E-state index in [1.165, 1.54) is 0 Å². The van der Waals surface area contributed by atoms with E-state index in [0.29, 0.717) is 0 Å². The van der Waals surface area contributed by atoms with Gasteiger partial charge in [0.15, 0.2) is 5.75 Å². The molecular formula is C10H17NO7S. The van der Waals surface area contributed by atoms with Crippen LogP contribution in [0.15, 0.2) is 0 Å². The number of carbonyl (C=O) groups excluding carboxylic acids is 1. The largest absolute Gasteiger partial charge is 0.480 e. The van der Waals surface area contributed by atoms with Crippen LogP contribution in [0.2, 0.25) is 0 Å². The van der Waals surface area contributed by atoms with Crippen LogP contribution in [0.1, 0.15) is 13.8 Å². The lowest BCUT2D eigenvalue weighted by Crippen LogP contribution is -2.64. The highest BCUT2D eigenvalue weighted by atomic mass is 32.2. The fourth-order valence-electron chi connectivity index (χ4n) is 1.67. The summed E-state index contributed by atoms with van der Waals surface area (Å²) < 4.78 is 34.3. The Kier molecular flexibility index (Phi) is 4.88. The Morgan fingerprint density at radius 2 is 1.95 bits per heavy atom. The minimum Gasteiger partial charge on any atom is -0.480 e. The van der Waals surface area contributed by atoms with Gasteiger partial charge in [-0.2, -0.15) is 4.31 Å². The van der Waals surface area contributed by atoms with E-state index in [2.05, 4.69) is 4.74 Å². The molecule has 1 rings (SSSR count). The number of hydrogen-bond acceptors (Lipinski definition) is 6. The maximum Gasteiger partial charge on any atom is 0.329 e. The molecule has 110 valence electrons. The zero-order valence-electron chi connectivity index (χ0n) is 10.8. The Morgan fingerprint density at radius 3 is 2.42 bits per heavy atom. The summed E-state index contributed by atoms with van der Waals surface area (Å²) in [6.45, 7) is 2.90. The lowest BCUT2D eigenvalue weighted by Gasteiger charge is -2.45. The van der Waals surface area contributed by atoms with E-state index in [-0.39, 0.29) is 19.7 Å². The molecule has 1 N–H and O–H groups in total. The van der Waals surface area contributed by atoms with Gasteiger partial charge in [0.25, 0.3) is 0 Å². The first-order valence-electron chi connectivity index (χ1n) is 5.68. The van der Waals surface area contributed by atoms with Gasteiger partial charge in [-0.3, -0.25) is 4.79 Å². The highest BCUT2D eigenvalue weighted by Gasteiger charge is 2.46. The van der Waals surface area contributed by atoms with E-state index in [9.17, 15) is 18.0 Å². The van der Waals surface area contributed by atoms with Gasteiger partial charge in [-0.05, 0) is 13.8 Å². The lowest BCUT2D eigenvalue weighted by atomic mass is 10.0. The zero-order chi connectivity index (χ0) is 14.7. The maximum atomic E-state index is 11.8. The Hall–Kier alpha value is -1.19. The van der Waals surface area contributed by atoms with Crippen LogP contribution in [0.25, 0.3) is 0 Å². The van der Waals surface area contributed by atoms with Gasteiger partial charge in [0.1, 0.15) is 6.61 Å². The van der Waals surface area contributed by atoms with Crippen LogP contribution in [0.4, 0.5) is 0 Å². The minimum atomic E-state index is -3.72. The number of esters is 1. The SMILES string of the molecule is CCOC(=O)CS(=O)(=O)N1CC(C)(OCC(=O)O)C1. The van der Waals surface area contributed by atoms with Crippen LogP contribution in [0.5, 0.6) is 0 Å². The summed E-state index contributed by atoms with van der Waals surface area (Å²) >= 11 is 0. The molecule has 0 radical (unpaired) electrons. The molecule has 0 unspecified atom stereocenters. The smallest absolute Gasteiger partial charge is 0.329 e. The third-order valence-corrected chi connectivity index (χ3v) is 4.21. The monoisotopic (exact) mass is 295 g/mol. The molecular weight excluding hydrogens is 278 g/mol. The third kappa shape index (κ3) is 4.44. The predicted molar refractivity (Wildman–Crippen MR) is 64.0 cm³/mol. The van der Waals surface area contributed by atoms with E-state index in [1.807, 2.05) is 0 Å². The number of aliphatic carboxylic acids is 1. The molecule has 8 nitrogen and oxygen atoms in total. The molecule has 0 atom stereocenters. The van der Waals surface area contributed by atoms with Crippen molar-refractivity contribution in [2.75, 3.05) is 32.1 Å². The van der Waals surface area contributed by atoms with Crippen molar-refractivity contribution in [1.29, 1.82) is 0 Å². The molecule has 0 spiro atoms. The topological polar surface area (TPSA) is 110 Å². The number of nitrogens with zero attached hydrogens (tertiary/aromatic N) is 1. The van der Waals surface area contributed by atoms with Crippen LogP contribution < -0.4 is 0 Å². The molecule has 1 saturated heterocycles. The van der Waals surface area contributed by atoms with Gasteiger partial charge in [-0.15, -0.1) is 0 Å². The molecule has 0 saturated carbocycles. The molecule has 1 aliphatic rings.